The van der Waals surface area contributed by atoms with Crippen LogP contribution in [0.1, 0.15) is 38.7 Å². The van der Waals surface area contributed by atoms with Gasteiger partial charge < -0.3 is 5.32 Å². The quantitative estimate of drug-likeness (QED) is 0.765. The fraction of sp³-hybridized carbons (Fsp3) is 0.417. The molecule has 1 amide bonds. The van der Waals surface area contributed by atoms with E-state index in [-0.39, 0.29) is 7.33 Å². The molecule has 2 nitrogen and oxygen atoms in total. The summed E-state index contributed by atoms with van der Waals surface area (Å²) in [4.78, 5) is 11.1. The van der Waals surface area contributed by atoms with Crippen molar-refractivity contribution >= 4 is 11.6 Å². The van der Waals surface area contributed by atoms with Crippen LogP contribution in [0.3, 0.4) is 0 Å². The van der Waals surface area contributed by atoms with Crippen LogP contribution in [0.15, 0.2) is 18.2 Å². The molecule has 1 unspecified atom stereocenters. The van der Waals surface area contributed by atoms with E-state index in [1.54, 1.807) is 0 Å². The molecule has 0 saturated heterocycles. The first kappa shape index (κ1) is 9.25. The maximum Gasteiger partial charge on any atom is 0.228 e. The van der Waals surface area contributed by atoms with Gasteiger partial charge >= 0.3 is 0 Å². The summed E-state index contributed by atoms with van der Waals surface area (Å²) in [7, 11) is 0. The summed E-state index contributed by atoms with van der Waals surface area (Å²) in [5.41, 5.74) is 3.45. The maximum absolute atomic E-state index is 11.1. The number of amides is 1. The van der Waals surface area contributed by atoms with Gasteiger partial charge in [0.05, 0.1) is 6.42 Å². The van der Waals surface area contributed by atoms with Crippen molar-refractivity contribution in [2.24, 2.45) is 0 Å². The van der Waals surface area contributed by atoms with Gasteiger partial charge in [0.25, 0.3) is 0 Å². The number of anilines is 1. The largest absolute Gasteiger partial charge is 0.326 e. The molecule has 0 fully saturated rings. The predicted octanol–water partition coefficient (Wildman–Crippen LogP) is 2.94. The van der Waals surface area contributed by atoms with E-state index in [9.17, 15) is 4.79 Å². The van der Waals surface area contributed by atoms with Crippen molar-refractivity contribution in [3.8, 4) is 0 Å². The third kappa shape index (κ3) is 1.52. The van der Waals surface area contributed by atoms with Gasteiger partial charge in [0.15, 0.2) is 0 Å². The van der Waals surface area contributed by atoms with Crippen molar-refractivity contribution in [2.45, 2.75) is 32.6 Å². The maximum atomic E-state index is 11.1. The molecule has 1 aromatic rings. The summed E-state index contributed by atoms with van der Waals surface area (Å²) in [6.07, 6.45) is 1.67. The summed E-state index contributed by atoms with van der Waals surface area (Å²) in [5.74, 6) is 0.680. The zero-order valence-corrected chi connectivity index (χ0v) is 8.63. The Hall–Kier alpha value is -1.31. The minimum atomic E-state index is 0. The summed E-state index contributed by atoms with van der Waals surface area (Å²) >= 11 is 0. The first-order chi connectivity index (χ1) is 6.70. The molecular formula is C12H17NO. The van der Waals surface area contributed by atoms with Crippen LogP contribution >= 0.6 is 0 Å². The number of carbonyl (C=O) groups excluding carboxylic acids is 1. The van der Waals surface area contributed by atoms with Gasteiger partial charge in [-0.25, -0.2) is 0 Å². The lowest BCUT2D eigenvalue weighted by molar-refractivity contribution is -0.115. The van der Waals surface area contributed by atoms with E-state index in [1.165, 1.54) is 5.56 Å². The lowest BCUT2D eigenvalue weighted by Gasteiger charge is -2.10. The van der Waals surface area contributed by atoms with Crippen molar-refractivity contribution in [3.05, 3.63) is 29.3 Å². The molecule has 1 aliphatic rings. The Morgan fingerprint density at radius 2 is 2.36 bits per heavy atom. The Labute approximate surface area is 85.8 Å². The van der Waals surface area contributed by atoms with E-state index in [4.69, 9.17) is 0 Å². The highest BCUT2D eigenvalue weighted by Gasteiger charge is 2.18. The second-order valence-electron chi connectivity index (χ2n) is 3.95. The second-order valence-corrected chi connectivity index (χ2v) is 3.95. The highest BCUT2D eigenvalue weighted by atomic mass is 16.1. The molecule has 1 aliphatic heterocycles. The van der Waals surface area contributed by atoms with Gasteiger partial charge in [-0.1, -0.05) is 26.0 Å². The number of carbonyl (C=O) groups is 1. The fourth-order valence-corrected chi connectivity index (χ4v) is 1.77. The van der Waals surface area contributed by atoms with Crippen LogP contribution in [-0.4, -0.2) is 5.91 Å². The van der Waals surface area contributed by atoms with Crippen LogP contribution < -0.4 is 5.32 Å². The lowest BCUT2D eigenvalue weighted by atomic mass is 9.97. The molecule has 0 aromatic heterocycles. The van der Waals surface area contributed by atoms with Crippen LogP contribution in [0.4, 0.5) is 5.69 Å². The van der Waals surface area contributed by atoms with Crippen molar-refractivity contribution in [2.75, 3.05) is 5.32 Å². The standard InChI is InChI=1S/C12H15NO.H2/c1-3-8(2)9-4-5-10-7-12(14)13-11(10)6-9;/h4-6,8H,3,7H2,1-2H3,(H,13,14);1H. The number of nitrogens with one attached hydrogen (secondary N) is 1. The van der Waals surface area contributed by atoms with Crippen LogP contribution in [0, 0.1) is 0 Å². The van der Waals surface area contributed by atoms with Gasteiger partial charge in [-0.2, -0.15) is 0 Å². The van der Waals surface area contributed by atoms with Crippen molar-refractivity contribution in [1.29, 1.82) is 0 Å². The minimum absolute atomic E-state index is 0. The zero-order valence-electron chi connectivity index (χ0n) is 8.63. The molecule has 2 heteroatoms. The Balaban J connectivity index is 0.00000112. The molecule has 2 rings (SSSR count). The molecule has 0 aliphatic carbocycles. The van der Waals surface area contributed by atoms with E-state index in [0.717, 1.165) is 17.7 Å². The van der Waals surface area contributed by atoms with E-state index < -0.39 is 0 Å². The molecule has 14 heavy (non-hydrogen) atoms. The highest BCUT2D eigenvalue weighted by molar-refractivity contribution is 5.99. The topological polar surface area (TPSA) is 29.1 Å². The molecule has 1 atom stereocenters. The summed E-state index contributed by atoms with van der Waals surface area (Å²) in [5, 5.41) is 2.88. The van der Waals surface area contributed by atoms with Crippen LogP contribution in [-0.2, 0) is 11.2 Å². The summed E-state index contributed by atoms with van der Waals surface area (Å²) in [6, 6.07) is 6.30. The second kappa shape index (κ2) is 3.45. The van der Waals surface area contributed by atoms with Crippen molar-refractivity contribution < 1.29 is 6.22 Å². The van der Waals surface area contributed by atoms with Gasteiger partial charge in [-0.15, -0.1) is 0 Å². The number of benzene rings is 1. The molecule has 0 radical (unpaired) electrons. The first-order valence-corrected chi connectivity index (χ1v) is 5.13. The Morgan fingerprint density at radius 1 is 1.57 bits per heavy atom. The van der Waals surface area contributed by atoms with Crippen LogP contribution in [0.25, 0.3) is 0 Å². The SMILES string of the molecule is CCC(C)c1ccc2c(c1)NC(=O)C2.[HH]. The fourth-order valence-electron chi connectivity index (χ4n) is 1.77. The molecule has 0 bridgehead atoms. The Kier molecular flexibility index (Phi) is 2.28. The highest BCUT2D eigenvalue weighted by Crippen LogP contribution is 2.28. The van der Waals surface area contributed by atoms with Gasteiger partial charge in [0, 0.05) is 7.11 Å². The first-order valence-electron chi connectivity index (χ1n) is 5.13. The molecule has 76 valence electrons. The van der Waals surface area contributed by atoms with Crippen molar-refractivity contribution in [3.63, 3.8) is 0 Å². The number of hydrogen-bond acceptors (Lipinski definition) is 1. The van der Waals surface area contributed by atoms with E-state index in [2.05, 4.69) is 37.4 Å². The lowest BCUT2D eigenvalue weighted by Crippen LogP contribution is -2.03. The number of fused-ring (bicyclic) bond motifs is 1. The van der Waals surface area contributed by atoms with Crippen molar-refractivity contribution in [1.82, 2.24) is 0 Å². The van der Waals surface area contributed by atoms with Gasteiger partial charge in [-0.3, -0.25) is 4.79 Å². The summed E-state index contributed by atoms with van der Waals surface area (Å²) < 4.78 is 0. The molecule has 1 heterocycles. The normalized spacial score (nSPS) is 16.3. The van der Waals surface area contributed by atoms with Crippen LogP contribution in [0.5, 0.6) is 0 Å². The Bertz CT molecular complexity index is 376. The average Bonchev–Trinajstić information content (AvgIpc) is 2.55. The third-order valence-corrected chi connectivity index (χ3v) is 2.94. The molecule has 0 spiro atoms. The smallest absolute Gasteiger partial charge is 0.228 e. The number of hydrogen-bond donors (Lipinski definition) is 1. The molecular weight excluding hydrogens is 174 g/mol. The number of rotatable bonds is 2. The van der Waals surface area contributed by atoms with Crippen LogP contribution in [0.2, 0.25) is 0 Å². The zero-order chi connectivity index (χ0) is 10.1. The molecule has 1 aromatic carbocycles. The molecule has 0 saturated carbocycles. The van der Waals surface area contributed by atoms with Gasteiger partial charge in [-0.05, 0) is 29.5 Å². The van der Waals surface area contributed by atoms with Gasteiger partial charge in [0.2, 0.25) is 5.91 Å². The monoisotopic (exact) mass is 191 g/mol. The Morgan fingerprint density at radius 3 is 3.07 bits per heavy atom. The van der Waals surface area contributed by atoms with E-state index >= 15 is 0 Å². The van der Waals surface area contributed by atoms with E-state index in [1.807, 2.05) is 0 Å². The molecule has 1 N–H and O–H groups in total. The predicted molar refractivity (Wildman–Crippen MR) is 59.6 cm³/mol. The summed E-state index contributed by atoms with van der Waals surface area (Å²) in [6.45, 7) is 4.38. The van der Waals surface area contributed by atoms with E-state index in [0.29, 0.717) is 12.3 Å². The average molecular weight is 191 g/mol. The third-order valence-electron chi connectivity index (χ3n) is 2.94. The van der Waals surface area contributed by atoms with Gasteiger partial charge in [0.1, 0.15) is 0 Å². The minimum Gasteiger partial charge on any atom is -0.326 e.